The highest BCUT2D eigenvalue weighted by molar-refractivity contribution is 5.83. The third kappa shape index (κ3) is 3.93. The second-order valence-electron chi connectivity index (χ2n) is 7.47. The van der Waals surface area contributed by atoms with E-state index in [1.54, 1.807) is 0 Å². The van der Waals surface area contributed by atoms with Crippen LogP contribution in [0.25, 0.3) is 0 Å². The summed E-state index contributed by atoms with van der Waals surface area (Å²) >= 11 is 0. The summed E-state index contributed by atoms with van der Waals surface area (Å²) in [6.07, 6.45) is 6.34. The lowest BCUT2D eigenvalue weighted by Crippen LogP contribution is -2.41. The number of fused-ring (bicyclic) bond motifs is 1. The predicted molar refractivity (Wildman–Crippen MR) is 91.2 cm³/mol. The molecule has 1 heterocycles. The molecule has 1 amide bonds. The number of hydrogen-bond acceptors (Lipinski definition) is 3. The molecule has 1 saturated carbocycles. The fourth-order valence-electron chi connectivity index (χ4n) is 3.42. The highest BCUT2D eigenvalue weighted by Gasteiger charge is 2.26. The lowest BCUT2D eigenvalue weighted by atomic mass is 9.91. The van der Waals surface area contributed by atoms with Crippen molar-refractivity contribution >= 4 is 5.91 Å². The predicted octanol–water partition coefficient (Wildman–Crippen LogP) is 2.03. The lowest BCUT2D eigenvalue weighted by Gasteiger charge is -2.36. The van der Waals surface area contributed by atoms with Gasteiger partial charge < -0.3 is 10.4 Å². The smallest absolute Gasteiger partial charge is 0.251 e. The molecule has 2 N–H and O–H groups in total. The number of nitrogens with zero attached hydrogens (tertiary/aromatic N) is 1. The van der Waals surface area contributed by atoms with Crippen molar-refractivity contribution in [3.8, 4) is 0 Å². The molecule has 1 aromatic rings. The minimum absolute atomic E-state index is 0.330. The van der Waals surface area contributed by atoms with Gasteiger partial charge in [-0.25, -0.2) is 0 Å². The largest absolute Gasteiger partial charge is 0.381 e. The minimum atomic E-state index is -1.32. The fourth-order valence-corrected chi connectivity index (χ4v) is 3.42. The summed E-state index contributed by atoms with van der Waals surface area (Å²) in [5.41, 5.74) is 2.65. The zero-order chi connectivity index (χ0) is 16.4. The Morgan fingerprint density at radius 3 is 2.57 bits per heavy atom. The molecule has 0 saturated heterocycles. The Morgan fingerprint density at radius 2 is 1.96 bits per heavy atom. The van der Waals surface area contributed by atoms with Gasteiger partial charge in [0.25, 0.3) is 5.91 Å². The van der Waals surface area contributed by atoms with E-state index in [9.17, 15) is 9.90 Å². The molecule has 2 aliphatic rings. The van der Waals surface area contributed by atoms with Crippen LogP contribution in [-0.2, 0) is 24.2 Å². The number of carbonyl (C=O) groups is 1. The van der Waals surface area contributed by atoms with Crippen molar-refractivity contribution in [2.75, 3.05) is 13.1 Å². The van der Waals surface area contributed by atoms with Crippen LogP contribution < -0.4 is 5.32 Å². The molecule has 1 aromatic carbocycles. The van der Waals surface area contributed by atoms with Crippen LogP contribution in [0.4, 0.5) is 0 Å². The van der Waals surface area contributed by atoms with Gasteiger partial charge in [-0.3, -0.25) is 9.69 Å². The van der Waals surface area contributed by atoms with Crippen LogP contribution in [0.15, 0.2) is 18.2 Å². The summed E-state index contributed by atoms with van der Waals surface area (Å²) in [6, 6.07) is 7.35. The summed E-state index contributed by atoms with van der Waals surface area (Å²) < 4.78 is 0. The maximum absolute atomic E-state index is 11.8. The van der Waals surface area contributed by atoms with Crippen LogP contribution in [-0.4, -0.2) is 40.6 Å². The van der Waals surface area contributed by atoms with Crippen molar-refractivity contribution in [2.24, 2.45) is 0 Å². The molecule has 4 nitrogen and oxygen atoms in total. The van der Waals surface area contributed by atoms with E-state index >= 15 is 0 Å². The van der Waals surface area contributed by atoms with Crippen LogP contribution in [0, 0.1) is 0 Å². The van der Waals surface area contributed by atoms with Crippen LogP contribution in [0.1, 0.15) is 49.8 Å². The van der Waals surface area contributed by atoms with Gasteiger partial charge in [0.05, 0.1) is 0 Å². The molecule has 0 atom stereocenters. The fraction of sp³-hybridized carbons (Fsp3) is 0.632. The van der Waals surface area contributed by atoms with Crippen molar-refractivity contribution in [1.82, 2.24) is 10.2 Å². The van der Waals surface area contributed by atoms with E-state index in [1.165, 1.54) is 50.8 Å². The van der Waals surface area contributed by atoms with Gasteiger partial charge in [0.1, 0.15) is 5.60 Å². The number of hydrogen-bond donors (Lipinski definition) is 2. The number of nitrogens with one attached hydrogen (secondary N) is 1. The van der Waals surface area contributed by atoms with E-state index in [4.69, 9.17) is 0 Å². The zero-order valence-corrected chi connectivity index (χ0v) is 14.3. The highest BCUT2D eigenvalue weighted by atomic mass is 16.3. The first-order valence-corrected chi connectivity index (χ1v) is 8.79. The molecule has 23 heavy (non-hydrogen) atoms. The normalized spacial score (nSPS) is 19.6. The second-order valence-corrected chi connectivity index (χ2v) is 7.47. The molecule has 1 aliphatic carbocycles. The number of benzene rings is 1. The Morgan fingerprint density at radius 1 is 1.26 bits per heavy atom. The SMILES string of the molecule is CC(C)(O)C(=O)NCc1ccc2c(c1)CCN(C1CCC1)CC2. The van der Waals surface area contributed by atoms with E-state index in [0.29, 0.717) is 6.54 Å². The quantitative estimate of drug-likeness (QED) is 0.893. The van der Waals surface area contributed by atoms with E-state index in [1.807, 2.05) is 0 Å². The minimum Gasteiger partial charge on any atom is -0.381 e. The molecule has 0 radical (unpaired) electrons. The van der Waals surface area contributed by atoms with Crippen molar-refractivity contribution < 1.29 is 9.90 Å². The van der Waals surface area contributed by atoms with Gasteiger partial charge in [-0.05, 0) is 56.2 Å². The summed E-state index contributed by atoms with van der Waals surface area (Å²) in [5.74, 6) is -0.330. The maximum atomic E-state index is 11.8. The average molecular weight is 316 g/mol. The zero-order valence-electron chi connectivity index (χ0n) is 14.3. The van der Waals surface area contributed by atoms with Gasteiger partial charge >= 0.3 is 0 Å². The first kappa shape index (κ1) is 16.5. The summed E-state index contributed by atoms with van der Waals surface area (Å²) in [5, 5.41) is 12.5. The van der Waals surface area contributed by atoms with E-state index < -0.39 is 5.60 Å². The Labute approximate surface area is 138 Å². The van der Waals surface area contributed by atoms with Gasteiger partial charge in [0.15, 0.2) is 0 Å². The number of rotatable bonds is 4. The third-order valence-electron chi connectivity index (χ3n) is 5.21. The Balaban J connectivity index is 1.61. The van der Waals surface area contributed by atoms with Gasteiger partial charge in [0, 0.05) is 25.7 Å². The van der Waals surface area contributed by atoms with E-state index in [0.717, 1.165) is 31.0 Å². The molecule has 4 heteroatoms. The van der Waals surface area contributed by atoms with E-state index in [-0.39, 0.29) is 5.91 Å². The highest BCUT2D eigenvalue weighted by Crippen LogP contribution is 2.27. The Kier molecular flexibility index (Phi) is 4.74. The number of aliphatic hydroxyl groups is 1. The Hall–Kier alpha value is -1.39. The van der Waals surface area contributed by atoms with Gasteiger partial charge in [-0.2, -0.15) is 0 Å². The molecule has 3 rings (SSSR count). The van der Waals surface area contributed by atoms with Crippen molar-refractivity contribution in [1.29, 1.82) is 0 Å². The van der Waals surface area contributed by atoms with Gasteiger partial charge in [-0.15, -0.1) is 0 Å². The molecule has 0 unspecified atom stereocenters. The molecule has 0 spiro atoms. The molecular formula is C19H28N2O2. The van der Waals surface area contributed by atoms with Gasteiger partial charge in [-0.1, -0.05) is 24.6 Å². The third-order valence-corrected chi connectivity index (χ3v) is 5.21. The first-order valence-electron chi connectivity index (χ1n) is 8.79. The maximum Gasteiger partial charge on any atom is 0.251 e. The van der Waals surface area contributed by atoms with Crippen molar-refractivity contribution in [3.63, 3.8) is 0 Å². The first-order chi connectivity index (χ1) is 10.9. The molecule has 0 aromatic heterocycles. The molecule has 1 aliphatic heterocycles. The summed E-state index contributed by atoms with van der Waals surface area (Å²) in [4.78, 5) is 14.4. The Bertz CT molecular complexity index is 573. The second kappa shape index (κ2) is 6.62. The van der Waals surface area contributed by atoms with Crippen LogP contribution >= 0.6 is 0 Å². The average Bonchev–Trinajstić information content (AvgIpc) is 2.64. The standard InChI is InChI=1S/C19H28N2O2/c1-19(2,23)18(22)20-13-14-6-7-15-8-10-21(17-4-3-5-17)11-9-16(15)12-14/h6-7,12,17,23H,3-5,8-11,13H2,1-2H3,(H,20,22). The molecule has 1 fully saturated rings. The van der Waals surface area contributed by atoms with E-state index in [2.05, 4.69) is 28.4 Å². The van der Waals surface area contributed by atoms with Crippen molar-refractivity contribution in [3.05, 3.63) is 34.9 Å². The number of amides is 1. The topological polar surface area (TPSA) is 52.6 Å². The summed E-state index contributed by atoms with van der Waals surface area (Å²) in [7, 11) is 0. The molecular weight excluding hydrogens is 288 g/mol. The van der Waals surface area contributed by atoms with Crippen LogP contribution in [0.3, 0.4) is 0 Å². The molecule has 126 valence electrons. The van der Waals surface area contributed by atoms with Crippen molar-refractivity contribution in [2.45, 2.75) is 64.1 Å². The van der Waals surface area contributed by atoms with Crippen LogP contribution in [0.2, 0.25) is 0 Å². The van der Waals surface area contributed by atoms with Crippen LogP contribution in [0.5, 0.6) is 0 Å². The summed E-state index contributed by atoms with van der Waals surface area (Å²) in [6.45, 7) is 5.81. The van der Waals surface area contributed by atoms with Gasteiger partial charge in [0.2, 0.25) is 0 Å². The monoisotopic (exact) mass is 316 g/mol. The number of carbonyl (C=O) groups excluding carboxylic acids is 1. The lowest BCUT2D eigenvalue weighted by molar-refractivity contribution is -0.136. The molecule has 0 bridgehead atoms.